The SMILES string of the molecule is CC[N+](CC)(CC)CCC(C)(C)NCl.[Cl-]. The number of nitrogens with zero attached hydrogens (tertiary/aromatic N) is 1. The van der Waals surface area contributed by atoms with Crippen LogP contribution >= 0.6 is 11.8 Å². The van der Waals surface area contributed by atoms with E-state index < -0.39 is 0 Å². The van der Waals surface area contributed by atoms with Crippen molar-refractivity contribution in [2.45, 2.75) is 46.6 Å². The minimum absolute atomic E-state index is 0. The van der Waals surface area contributed by atoms with Crippen LogP contribution in [0.25, 0.3) is 0 Å². The van der Waals surface area contributed by atoms with E-state index in [0.29, 0.717) is 0 Å². The standard InChI is InChI=1S/C11H26ClN2.ClH/c1-6-14(7-2,8-3)10-9-11(4,5)13-12;/h13H,6-10H2,1-5H3;1H/q+1;/p-1. The number of rotatable bonds is 7. The van der Waals surface area contributed by atoms with Crippen molar-refractivity contribution in [3.05, 3.63) is 0 Å². The molecule has 0 aliphatic rings. The normalized spacial score (nSPS) is 12.4. The van der Waals surface area contributed by atoms with Crippen LogP contribution in [0, 0.1) is 0 Å². The number of quaternary nitrogens is 1. The second-order valence-electron chi connectivity index (χ2n) is 4.74. The lowest BCUT2D eigenvalue weighted by Gasteiger charge is -2.38. The first-order valence-corrected chi connectivity index (χ1v) is 6.06. The lowest BCUT2D eigenvalue weighted by molar-refractivity contribution is -0.923. The molecule has 0 saturated carbocycles. The number of halogens is 2. The van der Waals surface area contributed by atoms with Gasteiger partial charge in [-0.2, -0.15) is 0 Å². The van der Waals surface area contributed by atoms with Crippen LogP contribution in [0.4, 0.5) is 0 Å². The number of hydrogen-bond donors (Lipinski definition) is 1. The van der Waals surface area contributed by atoms with Gasteiger partial charge in [0.15, 0.2) is 0 Å². The van der Waals surface area contributed by atoms with E-state index in [1.54, 1.807) is 0 Å². The topological polar surface area (TPSA) is 12.0 Å². The molecule has 0 radical (unpaired) electrons. The molecule has 15 heavy (non-hydrogen) atoms. The van der Waals surface area contributed by atoms with Gasteiger partial charge in [-0.25, -0.2) is 4.84 Å². The van der Waals surface area contributed by atoms with Crippen molar-refractivity contribution in [1.82, 2.24) is 4.84 Å². The van der Waals surface area contributed by atoms with Gasteiger partial charge in [0.1, 0.15) is 0 Å². The lowest BCUT2D eigenvalue weighted by atomic mass is 10.0. The zero-order valence-corrected chi connectivity index (χ0v) is 12.3. The van der Waals surface area contributed by atoms with Crippen molar-refractivity contribution in [3.8, 4) is 0 Å². The van der Waals surface area contributed by atoms with Crippen LogP contribution in [0.3, 0.4) is 0 Å². The van der Waals surface area contributed by atoms with Crippen LogP contribution in [0.1, 0.15) is 41.0 Å². The molecule has 1 N–H and O–H groups in total. The van der Waals surface area contributed by atoms with E-state index in [-0.39, 0.29) is 17.9 Å². The number of hydrogen-bond acceptors (Lipinski definition) is 1. The third kappa shape index (κ3) is 5.96. The van der Waals surface area contributed by atoms with Crippen molar-refractivity contribution in [3.63, 3.8) is 0 Å². The molecule has 4 heteroatoms. The van der Waals surface area contributed by atoms with Gasteiger partial charge in [-0.05, 0) is 46.4 Å². The largest absolute Gasteiger partial charge is 1.00 e. The summed E-state index contributed by atoms with van der Waals surface area (Å²) >= 11 is 5.69. The quantitative estimate of drug-likeness (QED) is 0.491. The van der Waals surface area contributed by atoms with Gasteiger partial charge in [-0.1, -0.05) is 0 Å². The van der Waals surface area contributed by atoms with E-state index in [4.69, 9.17) is 11.8 Å². The fourth-order valence-electron chi connectivity index (χ4n) is 1.71. The summed E-state index contributed by atoms with van der Waals surface area (Å²) in [5.74, 6) is 0. The van der Waals surface area contributed by atoms with Crippen molar-refractivity contribution >= 4 is 11.8 Å². The van der Waals surface area contributed by atoms with E-state index in [1.807, 2.05) is 0 Å². The molecule has 0 unspecified atom stereocenters. The van der Waals surface area contributed by atoms with Gasteiger partial charge in [0, 0.05) is 12.0 Å². The maximum atomic E-state index is 5.69. The molecule has 94 valence electrons. The second-order valence-corrected chi connectivity index (χ2v) is 4.93. The summed E-state index contributed by atoms with van der Waals surface area (Å²) in [5, 5.41) is 0. The van der Waals surface area contributed by atoms with E-state index in [0.717, 1.165) is 6.42 Å². The molecule has 0 saturated heterocycles. The fourth-order valence-corrected chi connectivity index (χ4v) is 1.80. The maximum Gasteiger partial charge on any atom is 0.0804 e. The van der Waals surface area contributed by atoms with Crippen LogP contribution < -0.4 is 17.2 Å². The Bertz CT molecular complexity index is 148. The van der Waals surface area contributed by atoms with E-state index in [1.165, 1.54) is 30.7 Å². The molecule has 0 fully saturated rings. The first-order chi connectivity index (χ1) is 6.45. The summed E-state index contributed by atoms with van der Waals surface area (Å²) in [6.45, 7) is 16.0. The molecule has 0 bridgehead atoms. The van der Waals surface area contributed by atoms with E-state index in [2.05, 4.69) is 39.5 Å². The molecule has 0 spiro atoms. The number of nitrogens with one attached hydrogen (secondary N) is 1. The first kappa shape index (κ1) is 17.9. The maximum absolute atomic E-state index is 5.69. The monoisotopic (exact) mass is 256 g/mol. The van der Waals surface area contributed by atoms with Crippen LogP contribution in [-0.2, 0) is 0 Å². The molecule has 2 nitrogen and oxygen atoms in total. The molecule has 0 atom stereocenters. The average molecular weight is 257 g/mol. The highest BCUT2D eigenvalue weighted by molar-refractivity contribution is 6.13. The van der Waals surface area contributed by atoms with Gasteiger partial charge < -0.3 is 16.9 Å². The van der Waals surface area contributed by atoms with Crippen molar-refractivity contribution in [2.75, 3.05) is 26.2 Å². The molecule has 0 amide bonds. The zero-order valence-electron chi connectivity index (χ0n) is 10.7. The summed E-state index contributed by atoms with van der Waals surface area (Å²) in [6, 6.07) is 0. The van der Waals surface area contributed by atoms with Crippen molar-refractivity contribution in [1.29, 1.82) is 0 Å². The third-order valence-corrected chi connectivity index (χ3v) is 3.99. The average Bonchev–Trinajstić information content (AvgIpc) is 2.21. The Morgan fingerprint density at radius 3 is 1.73 bits per heavy atom. The van der Waals surface area contributed by atoms with Crippen LogP contribution in [-0.4, -0.2) is 36.2 Å². The first-order valence-electron chi connectivity index (χ1n) is 5.68. The Labute approximate surface area is 106 Å². The molecule has 0 aliphatic heterocycles. The Morgan fingerprint density at radius 1 is 1.07 bits per heavy atom. The molecule has 0 aromatic carbocycles. The smallest absolute Gasteiger partial charge is 0.0804 e. The summed E-state index contributed by atoms with van der Waals surface area (Å²) in [7, 11) is 0. The molecule has 0 aromatic heterocycles. The van der Waals surface area contributed by atoms with Crippen molar-refractivity contribution in [2.24, 2.45) is 0 Å². The minimum Gasteiger partial charge on any atom is -1.00 e. The van der Waals surface area contributed by atoms with Crippen LogP contribution in [0.5, 0.6) is 0 Å². The predicted molar refractivity (Wildman–Crippen MR) is 64.4 cm³/mol. The molecule has 0 heterocycles. The van der Waals surface area contributed by atoms with Gasteiger partial charge in [-0.15, -0.1) is 0 Å². The highest BCUT2D eigenvalue weighted by atomic mass is 35.5. The van der Waals surface area contributed by atoms with Crippen LogP contribution in [0.2, 0.25) is 0 Å². The Hall–Kier alpha value is 0.500. The van der Waals surface area contributed by atoms with Gasteiger partial charge in [-0.3, -0.25) is 0 Å². The highest BCUT2D eigenvalue weighted by Crippen LogP contribution is 2.15. The van der Waals surface area contributed by atoms with Gasteiger partial charge in [0.2, 0.25) is 0 Å². The lowest BCUT2D eigenvalue weighted by Crippen LogP contribution is -3.00. The summed E-state index contributed by atoms with van der Waals surface area (Å²) in [6.07, 6.45) is 1.12. The van der Waals surface area contributed by atoms with Crippen molar-refractivity contribution < 1.29 is 16.9 Å². The molecular weight excluding hydrogens is 231 g/mol. The second kappa shape index (κ2) is 7.72. The Balaban J connectivity index is 0. The molecule has 0 aromatic rings. The summed E-state index contributed by atoms with van der Waals surface area (Å²) < 4.78 is 1.20. The van der Waals surface area contributed by atoms with E-state index in [9.17, 15) is 0 Å². The van der Waals surface area contributed by atoms with Gasteiger partial charge in [0.25, 0.3) is 0 Å². The highest BCUT2D eigenvalue weighted by Gasteiger charge is 2.25. The Kier molecular flexibility index (Phi) is 9.20. The van der Waals surface area contributed by atoms with E-state index >= 15 is 0 Å². The fraction of sp³-hybridized carbons (Fsp3) is 1.00. The minimum atomic E-state index is 0. The predicted octanol–water partition coefficient (Wildman–Crippen LogP) is -0.221. The summed E-state index contributed by atoms with van der Waals surface area (Å²) in [4.78, 5) is 2.85. The molecular formula is C11H26Cl2N2. The van der Waals surface area contributed by atoms with Gasteiger partial charge >= 0.3 is 0 Å². The molecule has 0 aliphatic carbocycles. The molecule has 0 rings (SSSR count). The van der Waals surface area contributed by atoms with Crippen LogP contribution in [0.15, 0.2) is 0 Å². The van der Waals surface area contributed by atoms with Gasteiger partial charge in [0.05, 0.1) is 26.2 Å². The summed E-state index contributed by atoms with van der Waals surface area (Å²) in [5.41, 5.74) is 0.0462. The third-order valence-electron chi connectivity index (χ3n) is 3.48. The zero-order chi connectivity index (χ0) is 11.2. The Morgan fingerprint density at radius 2 is 1.47 bits per heavy atom.